The molecule has 2 amide bonds. The lowest BCUT2D eigenvalue weighted by molar-refractivity contribution is -0.0778. The average molecular weight is 571 g/mol. The Hall–Kier alpha value is -5.16. The smallest absolute Gasteiger partial charge is 0.256 e. The van der Waals surface area contributed by atoms with Crippen LogP contribution in [-0.2, 0) is 10.3 Å². The summed E-state index contributed by atoms with van der Waals surface area (Å²) in [6.45, 7) is 2.11. The summed E-state index contributed by atoms with van der Waals surface area (Å²) in [4.78, 5) is 34.7. The molecule has 0 bridgehead atoms. The summed E-state index contributed by atoms with van der Waals surface area (Å²) in [5.74, 6) is -1.94. The van der Waals surface area contributed by atoms with Gasteiger partial charge >= 0.3 is 0 Å². The number of hydrogen-bond acceptors (Lipinski definition) is 7. The van der Waals surface area contributed by atoms with Gasteiger partial charge in [0.25, 0.3) is 11.8 Å². The summed E-state index contributed by atoms with van der Waals surface area (Å²) < 4.78 is 46.6. The van der Waals surface area contributed by atoms with Crippen molar-refractivity contribution in [2.75, 3.05) is 20.3 Å². The minimum Gasteiger partial charge on any atom is -0.496 e. The topological polar surface area (TPSA) is 130 Å². The van der Waals surface area contributed by atoms with E-state index in [9.17, 15) is 14.0 Å². The number of primary amides is 1. The zero-order chi connectivity index (χ0) is 29.6. The molecule has 3 heterocycles. The van der Waals surface area contributed by atoms with E-state index in [0.717, 1.165) is 0 Å². The summed E-state index contributed by atoms with van der Waals surface area (Å²) in [5.41, 5.74) is 6.27. The van der Waals surface area contributed by atoms with Crippen LogP contribution in [0.1, 0.15) is 32.1 Å². The second-order valence-corrected chi connectivity index (χ2v) is 9.95. The first-order chi connectivity index (χ1) is 20.2. The van der Waals surface area contributed by atoms with Gasteiger partial charge in [0.15, 0.2) is 5.82 Å². The molecular weight excluding hydrogens is 546 g/mol. The fourth-order valence-electron chi connectivity index (χ4n) is 5.11. The quantitative estimate of drug-likeness (QED) is 0.285. The van der Waals surface area contributed by atoms with Crippen molar-refractivity contribution in [3.05, 3.63) is 101 Å². The van der Waals surface area contributed by atoms with Crippen LogP contribution >= 0.6 is 0 Å². The van der Waals surface area contributed by atoms with Crippen molar-refractivity contribution in [1.82, 2.24) is 15.3 Å². The second kappa shape index (κ2) is 10.3. The summed E-state index contributed by atoms with van der Waals surface area (Å²) in [6, 6.07) is 13.1. The van der Waals surface area contributed by atoms with E-state index in [1.54, 1.807) is 31.5 Å². The van der Waals surface area contributed by atoms with E-state index in [0.29, 0.717) is 22.5 Å². The number of aromatic nitrogens is 2. The van der Waals surface area contributed by atoms with Crippen LogP contribution in [0.4, 0.5) is 8.78 Å². The highest BCUT2D eigenvalue weighted by atomic mass is 19.1. The Balaban J connectivity index is 1.46. The number of nitrogens with one attached hydrogen (secondary N) is 1. The van der Waals surface area contributed by atoms with Gasteiger partial charge in [-0.2, -0.15) is 0 Å². The van der Waals surface area contributed by atoms with Crippen molar-refractivity contribution in [2.24, 2.45) is 5.73 Å². The lowest BCUT2D eigenvalue weighted by atomic mass is 9.92. The molecule has 1 fully saturated rings. The van der Waals surface area contributed by atoms with Crippen LogP contribution in [0, 0.1) is 18.6 Å². The summed E-state index contributed by atoms with van der Waals surface area (Å²) in [6.07, 6.45) is 3.16. The third-order valence-corrected chi connectivity index (χ3v) is 7.27. The third kappa shape index (κ3) is 4.44. The summed E-state index contributed by atoms with van der Waals surface area (Å²) >= 11 is 0. The van der Waals surface area contributed by atoms with Crippen LogP contribution in [0.3, 0.4) is 0 Å². The number of benzene rings is 3. The molecule has 212 valence electrons. The number of fused-ring (bicyclic) bond motifs is 1. The molecule has 1 aliphatic rings. The Bertz CT molecular complexity index is 1850. The molecular formula is C31H24F2N4O5. The molecule has 0 radical (unpaired) electrons. The molecule has 0 saturated carbocycles. The number of aryl methyl sites for hydroxylation is 1. The van der Waals surface area contributed by atoms with Crippen LogP contribution < -0.4 is 15.8 Å². The average Bonchev–Trinajstić information content (AvgIpc) is 3.37. The Morgan fingerprint density at radius 1 is 1.02 bits per heavy atom. The maximum atomic E-state index is 16.3. The largest absolute Gasteiger partial charge is 0.496 e. The van der Waals surface area contributed by atoms with Gasteiger partial charge in [-0.1, -0.05) is 0 Å². The number of amides is 2. The van der Waals surface area contributed by atoms with Crippen LogP contribution in [0.25, 0.3) is 33.4 Å². The van der Waals surface area contributed by atoms with Crippen LogP contribution in [0.5, 0.6) is 5.75 Å². The lowest BCUT2D eigenvalue weighted by Crippen LogP contribution is -2.60. The molecule has 1 saturated heterocycles. The molecule has 5 aromatic rings. The molecule has 0 spiro atoms. The van der Waals surface area contributed by atoms with Gasteiger partial charge in [0, 0.05) is 23.5 Å². The molecule has 0 atom stereocenters. The molecule has 2 aromatic heterocycles. The number of nitrogens with zero attached hydrogens (tertiary/aromatic N) is 2. The van der Waals surface area contributed by atoms with Gasteiger partial charge in [-0.05, 0) is 72.6 Å². The van der Waals surface area contributed by atoms with E-state index in [1.165, 1.54) is 49.6 Å². The normalized spacial score (nSPS) is 13.9. The number of methoxy groups -OCH3 is 1. The first-order valence-electron chi connectivity index (χ1n) is 12.9. The van der Waals surface area contributed by atoms with E-state index in [1.807, 2.05) is 0 Å². The lowest BCUT2D eigenvalue weighted by Gasteiger charge is -2.40. The molecule has 3 aromatic carbocycles. The first-order valence-corrected chi connectivity index (χ1v) is 12.9. The van der Waals surface area contributed by atoms with E-state index in [-0.39, 0.29) is 52.4 Å². The monoisotopic (exact) mass is 570 g/mol. The highest BCUT2D eigenvalue weighted by Crippen LogP contribution is 2.40. The fraction of sp³-hybridized carbons (Fsp3) is 0.161. The van der Waals surface area contributed by atoms with Gasteiger partial charge in [-0.15, -0.1) is 0 Å². The number of rotatable bonds is 7. The van der Waals surface area contributed by atoms with E-state index in [4.69, 9.17) is 19.6 Å². The molecule has 42 heavy (non-hydrogen) atoms. The molecule has 6 rings (SSSR count). The Labute approximate surface area is 238 Å². The van der Waals surface area contributed by atoms with E-state index in [2.05, 4.69) is 15.3 Å². The molecule has 0 unspecified atom stereocenters. The Morgan fingerprint density at radius 2 is 1.74 bits per heavy atom. The fourth-order valence-corrected chi connectivity index (χ4v) is 5.11. The maximum absolute atomic E-state index is 16.3. The zero-order valence-corrected chi connectivity index (χ0v) is 22.5. The molecule has 1 aliphatic heterocycles. The van der Waals surface area contributed by atoms with Crippen LogP contribution in [0.15, 0.2) is 71.4 Å². The number of halogens is 2. The highest BCUT2D eigenvalue weighted by molar-refractivity contribution is 6.11. The van der Waals surface area contributed by atoms with Crippen molar-refractivity contribution in [2.45, 2.75) is 12.5 Å². The Kier molecular flexibility index (Phi) is 6.66. The van der Waals surface area contributed by atoms with Crippen molar-refractivity contribution < 1.29 is 32.3 Å². The number of carbonyl (C=O) groups excluding carboxylic acids is 2. The number of furan rings is 1. The van der Waals surface area contributed by atoms with Gasteiger partial charge in [0.2, 0.25) is 0 Å². The predicted molar refractivity (Wildman–Crippen MR) is 149 cm³/mol. The van der Waals surface area contributed by atoms with Gasteiger partial charge in [0.1, 0.15) is 34.3 Å². The van der Waals surface area contributed by atoms with Crippen molar-refractivity contribution in [1.29, 1.82) is 0 Å². The Morgan fingerprint density at radius 3 is 2.36 bits per heavy atom. The SMILES string of the molecule is COc1cc(C)c(-c2ccc3oc(-c4ccc(F)cc4)c(C(N)=O)c3c2F)cc1C(=O)NC1(c2ncccn2)COC1. The van der Waals surface area contributed by atoms with Crippen molar-refractivity contribution >= 4 is 22.8 Å². The third-order valence-electron chi connectivity index (χ3n) is 7.27. The summed E-state index contributed by atoms with van der Waals surface area (Å²) in [5, 5.41) is 2.85. The first kappa shape index (κ1) is 27.0. The highest BCUT2D eigenvalue weighted by Gasteiger charge is 2.45. The molecule has 0 aliphatic carbocycles. The number of ether oxygens (including phenoxy) is 2. The van der Waals surface area contributed by atoms with Crippen molar-refractivity contribution in [3.63, 3.8) is 0 Å². The molecule has 11 heteroatoms. The van der Waals surface area contributed by atoms with Gasteiger partial charge in [0.05, 0.1) is 36.8 Å². The molecule has 9 nitrogen and oxygen atoms in total. The number of carbonyl (C=O) groups is 2. The number of nitrogens with two attached hydrogens (primary N) is 1. The van der Waals surface area contributed by atoms with Crippen LogP contribution in [0.2, 0.25) is 0 Å². The minimum atomic E-state index is -0.928. The van der Waals surface area contributed by atoms with Crippen molar-refractivity contribution in [3.8, 4) is 28.2 Å². The predicted octanol–water partition coefficient (Wildman–Crippen LogP) is 4.91. The van der Waals surface area contributed by atoms with E-state index < -0.39 is 29.0 Å². The van der Waals surface area contributed by atoms with E-state index >= 15 is 4.39 Å². The van der Waals surface area contributed by atoms with Gasteiger partial charge in [-0.25, -0.2) is 18.7 Å². The summed E-state index contributed by atoms with van der Waals surface area (Å²) in [7, 11) is 1.43. The standard InChI is InChI=1S/C31H24F2N4O5/c1-16-12-23(40-2)21(29(39)37-31(14-41-15-31)30-35-10-3-11-36-30)13-20(16)19-8-9-22-24(26(19)33)25(28(34)38)27(42-22)17-4-6-18(32)7-5-17/h3-13H,14-15H2,1-2H3,(H2,34,38)(H,37,39). The maximum Gasteiger partial charge on any atom is 0.256 e. The van der Waals surface area contributed by atoms with Crippen LogP contribution in [-0.4, -0.2) is 42.1 Å². The second-order valence-electron chi connectivity index (χ2n) is 9.95. The number of hydrogen-bond donors (Lipinski definition) is 2. The molecule has 3 N–H and O–H groups in total. The van der Waals surface area contributed by atoms with Gasteiger partial charge < -0.3 is 24.9 Å². The minimum absolute atomic E-state index is 0.0243. The zero-order valence-electron chi connectivity index (χ0n) is 22.5. The van der Waals surface area contributed by atoms with Gasteiger partial charge in [-0.3, -0.25) is 9.59 Å².